The lowest BCUT2D eigenvalue weighted by atomic mass is 10.1. The highest BCUT2D eigenvalue weighted by Gasteiger charge is 2.24. The smallest absolute Gasteiger partial charge is 0.298 e. The minimum Gasteiger partial charge on any atom is -0.298 e. The van der Waals surface area contributed by atoms with Gasteiger partial charge in [0.15, 0.2) is 17.0 Å². The van der Waals surface area contributed by atoms with E-state index in [-0.39, 0.29) is 5.56 Å². The molecule has 0 fully saturated rings. The molecule has 0 N–H and O–H groups in total. The van der Waals surface area contributed by atoms with Gasteiger partial charge in [-0.15, -0.1) is 10.2 Å². The fourth-order valence-electron chi connectivity index (χ4n) is 3.87. The van der Waals surface area contributed by atoms with Gasteiger partial charge in [0.05, 0.1) is 6.54 Å². The van der Waals surface area contributed by atoms with Crippen LogP contribution in [0.4, 0.5) is 0 Å². The number of benzene rings is 2. The Hall–Kier alpha value is -3.46. The Kier molecular flexibility index (Phi) is 4.44. The molecule has 0 atom stereocenters. The van der Waals surface area contributed by atoms with Crippen LogP contribution < -0.4 is 11.2 Å². The van der Waals surface area contributed by atoms with Gasteiger partial charge < -0.3 is 0 Å². The molecule has 0 spiro atoms. The van der Waals surface area contributed by atoms with E-state index in [2.05, 4.69) is 26.1 Å². The SMILES string of the molecule is Cc1ccc(Cn2c3c(=O)n(C)c(=O)n(C)c3n3c(-c4ccc(Br)cc4)nnc23)cc1. The van der Waals surface area contributed by atoms with Crippen LogP contribution in [-0.2, 0) is 20.6 Å². The Labute approximate surface area is 185 Å². The average molecular weight is 479 g/mol. The summed E-state index contributed by atoms with van der Waals surface area (Å²) in [4.78, 5) is 25.9. The summed E-state index contributed by atoms with van der Waals surface area (Å²) in [6.45, 7) is 2.46. The summed E-state index contributed by atoms with van der Waals surface area (Å²) in [6.07, 6.45) is 0. The summed E-state index contributed by atoms with van der Waals surface area (Å²) in [6, 6.07) is 15.8. The first kappa shape index (κ1) is 19.5. The predicted octanol–water partition coefficient (Wildman–Crippen LogP) is 2.87. The molecule has 0 aliphatic rings. The van der Waals surface area contributed by atoms with Crippen molar-refractivity contribution in [2.45, 2.75) is 13.5 Å². The zero-order valence-electron chi connectivity index (χ0n) is 17.2. The maximum atomic E-state index is 13.2. The third-order valence-electron chi connectivity index (χ3n) is 5.54. The predicted molar refractivity (Wildman–Crippen MR) is 122 cm³/mol. The van der Waals surface area contributed by atoms with Crippen LogP contribution in [0, 0.1) is 6.92 Å². The zero-order chi connectivity index (χ0) is 21.9. The van der Waals surface area contributed by atoms with Gasteiger partial charge >= 0.3 is 5.69 Å². The van der Waals surface area contributed by atoms with Crippen molar-refractivity contribution in [1.82, 2.24) is 28.3 Å². The van der Waals surface area contributed by atoms with Crippen LogP contribution in [0.3, 0.4) is 0 Å². The van der Waals surface area contributed by atoms with E-state index in [1.165, 1.54) is 11.6 Å². The molecule has 0 radical (unpaired) electrons. The summed E-state index contributed by atoms with van der Waals surface area (Å²) in [7, 11) is 3.15. The number of hydrogen-bond donors (Lipinski definition) is 0. The normalized spacial score (nSPS) is 11.6. The van der Waals surface area contributed by atoms with Gasteiger partial charge in [0.2, 0.25) is 5.78 Å². The van der Waals surface area contributed by atoms with Crippen molar-refractivity contribution in [2.75, 3.05) is 0 Å². The average Bonchev–Trinajstić information content (AvgIpc) is 3.32. The van der Waals surface area contributed by atoms with Crippen molar-refractivity contribution in [2.24, 2.45) is 14.1 Å². The van der Waals surface area contributed by atoms with Crippen LogP contribution in [-0.4, -0.2) is 28.3 Å². The molecule has 5 aromatic rings. The second-order valence-corrected chi connectivity index (χ2v) is 8.53. The van der Waals surface area contributed by atoms with Gasteiger partial charge in [0, 0.05) is 24.1 Å². The summed E-state index contributed by atoms with van der Waals surface area (Å²) in [5.74, 6) is 1.07. The molecule has 3 heterocycles. The zero-order valence-corrected chi connectivity index (χ0v) is 18.8. The van der Waals surface area contributed by atoms with Crippen LogP contribution in [0.2, 0.25) is 0 Å². The van der Waals surface area contributed by atoms with E-state index in [9.17, 15) is 9.59 Å². The number of aromatic nitrogens is 6. The lowest BCUT2D eigenvalue weighted by Crippen LogP contribution is -2.37. The molecule has 0 unspecified atom stereocenters. The number of halogens is 1. The first-order valence-corrected chi connectivity index (χ1v) is 10.5. The fraction of sp³-hybridized carbons (Fsp3) is 0.182. The number of aryl methyl sites for hydroxylation is 2. The third-order valence-corrected chi connectivity index (χ3v) is 6.07. The van der Waals surface area contributed by atoms with Crippen molar-refractivity contribution in [3.8, 4) is 11.4 Å². The van der Waals surface area contributed by atoms with E-state index in [0.29, 0.717) is 29.3 Å². The first-order valence-electron chi connectivity index (χ1n) is 9.71. The van der Waals surface area contributed by atoms with E-state index < -0.39 is 5.69 Å². The van der Waals surface area contributed by atoms with Gasteiger partial charge in [-0.05, 0) is 24.6 Å². The molecule has 0 bridgehead atoms. The second-order valence-electron chi connectivity index (χ2n) is 7.62. The van der Waals surface area contributed by atoms with Crippen LogP contribution >= 0.6 is 15.9 Å². The molecular weight excluding hydrogens is 460 g/mol. The van der Waals surface area contributed by atoms with Gasteiger partial charge in [0.25, 0.3) is 5.56 Å². The molecule has 156 valence electrons. The molecule has 0 aliphatic carbocycles. The Morgan fingerprint density at radius 2 is 1.58 bits per heavy atom. The van der Waals surface area contributed by atoms with Crippen molar-refractivity contribution in [1.29, 1.82) is 0 Å². The number of imidazole rings is 1. The fourth-order valence-corrected chi connectivity index (χ4v) is 4.13. The third kappa shape index (κ3) is 2.96. The van der Waals surface area contributed by atoms with E-state index in [1.54, 1.807) is 11.4 Å². The Morgan fingerprint density at radius 3 is 2.26 bits per heavy atom. The van der Waals surface area contributed by atoms with Gasteiger partial charge in [-0.3, -0.25) is 18.5 Å². The highest BCUT2D eigenvalue weighted by molar-refractivity contribution is 9.10. The van der Waals surface area contributed by atoms with E-state index >= 15 is 0 Å². The molecule has 5 rings (SSSR count). The van der Waals surface area contributed by atoms with E-state index in [1.807, 2.05) is 60.0 Å². The minimum atomic E-state index is -0.401. The highest BCUT2D eigenvalue weighted by atomic mass is 79.9. The summed E-state index contributed by atoms with van der Waals surface area (Å²) in [5.41, 5.74) is 3.13. The monoisotopic (exact) mass is 478 g/mol. The Morgan fingerprint density at radius 1 is 0.903 bits per heavy atom. The van der Waals surface area contributed by atoms with Crippen LogP contribution in [0.1, 0.15) is 11.1 Å². The Balaban J connectivity index is 1.89. The van der Waals surface area contributed by atoms with Crippen molar-refractivity contribution >= 4 is 32.9 Å². The first-order chi connectivity index (χ1) is 14.9. The Bertz CT molecular complexity index is 1570. The lowest BCUT2D eigenvalue weighted by Gasteiger charge is -2.08. The number of fused-ring (bicyclic) bond motifs is 3. The maximum Gasteiger partial charge on any atom is 0.332 e. The molecule has 2 aromatic carbocycles. The molecule has 0 saturated carbocycles. The van der Waals surface area contributed by atoms with Gasteiger partial charge in [-0.1, -0.05) is 57.9 Å². The largest absolute Gasteiger partial charge is 0.332 e. The van der Waals surface area contributed by atoms with Gasteiger partial charge in [-0.25, -0.2) is 9.20 Å². The molecule has 31 heavy (non-hydrogen) atoms. The van der Waals surface area contributed by atoms with Crippen LogP contribution in [0.5, 0.6) is 0 Å². The number of nitrogens with zero attached hydrogens (tertiary/aromatic N) is 6. The topological polar surface area (TPSA) is 79.1 Å². The van der Waals surface area contributed by atoms with Gasteiger partial charge in [0.1, 0.15) is 0 Å². The van der Waals surface area contributed by atoms with Gasteiger partial charge in [-0.2, -0.15) is 0 Å². The molecule has 9 heteroatoms. The molecule has 3 aromatic heterocycles. The van der Waals surface area contributed by atoms with E-state index in [0.717, 1.165) is 25.7 Å². The number of rotatable bonds is 3. The molecule has 0 aliphatic heterocycles. The maximum absolute atomic E-state index is 13.2. The second kappa shape index (κ2) is 7.05. The lowest BCUT2D eigenvalue weighted by molar-refractivity contribution is 0.700. The van der Waals surface area contributed by atoms with E-state index in [4.69, 9.17) is 0 Å². The highest BCUT2D eigenvalue weighted by Crippen LogP contribution is 2.26. The quantitative estimate of drug-likeness (QED) is 0.399. The van der Waals surface area contributed by atoms with Crippen molar-refractivity contribution in [3.63, 3.8) is 0 Å². The van der Waals surface area contributed by atoms with Crippen molar-refractivity contribution < 1.29 is 0 Å². The number of hydrogen-bond acceptors (Lipinski definition) is 4. The molecule has 8 nitrogen and oxygen atoms in total. The summed E-state index contributed by atoms with van der Waals surface area (Å²) in [5, 5.41) is 8.81. The molecule has 0 amide bonds. The van der Waals surface area contributed by atoms with Crippen molar-refractivity contribution in [3.05, 3.63) is 85.0 Å². The summed E-state index contributed by atoms with van der Waals surface area (Å²) >= 11 is 3.45. The summed E-state index contributed by atoms with van der Waals surface area (Å²) < 4.78 is 7.16. The standard InChI is InChI=1S/C22H19BrN6O2/c1-13-4-6-14(7-5-13)12-28-17-19(26(2)22(31)27(3)20(17)30)29-18(24-25-21(28)29)15-8-10-16(23)11-9-15/h4-11H,12H2,1-3H3. The molecular formula is C22H19BrN6O2. The molecule has 0 saturated heterocycles. The van der Waals surface area contributed by atoms with Crippen LogP contribution in [0.25, 0.3) is 28.3 Å². The van der Waals surface area contributed by atoms with Crippen LogP contribution in [0.15, 0.2) is 62.6 Å². The minimum absolute atomic E-state index is 0.363.